The van der Waals surface area contributed by atoms with E-state index in [1.807, 2.05) is 25.7 Å². The van der Waals surface area contributed by atoms with Gasteiger partial charge in [0.15, 0.2) is 0 Å². The fourth-order valence-electron chi connectivity index (χ4n) is 3.17. The summed E-state index contributed by atoms with van der Waals surface area (Å²) in [5.41, 5.74) is 0.236. The molecule has 0 aromatic heterocycles. The first-order valence-corrected chi connectivity index (χ1v) is 9.07. The second kappa shape index (κ2) is 6.89. The summed E-state index contributed by atoms with van der Waals surface area (Å²) in [6.07, 6.45) is 2.77. The van der Waals surface area contributed by atoms with Crippen LogP contribution in [0.15, 0.2) is 18.2 Å². The van der Waals surface area contributed by atoms with Crippen molar-refractivity contribution in [2.45, 2.75) is 57.6 Å². The third-order valence-corrected chi connectivity index (χ3v) is 4.76. The molecule has 2 saturated carbocycles. The van der Waals surface area contributed by atoms with Crippen molar-refractivity contribution in [1.29, 1.82) is 0 Å². The molecule has 0 heterocycles. The highest BCUT2D eigenvalue weighted by molar-refractivity contribution is 5.89. The van der Waals surface area contributed by atoms with Crippen LogP contribution in [0.4, 0.5) is 9.18 Å². The third kappa shape index (κ3) is 4.34. The average Bonchev–Trinajstić information content (AvgIpc) is 3.44. The second-order valence-corrected chi connectivity index (χ2v) is 8.22. The number of halogens is 1. The van der Waals surface area contributed by atoms with E-state index >= 15 is 0 Å². The number of rotatable bonds is 5. The number of carbonyl (C=O) groups is 2. The molecule has 0 aliphatic heterocycles. The molecule has 2 atom stereocenters. The van der Waals surface area contributed by atoms with Gasteiger partial charge in [0.05, 0.1) is 12.7 Å². The minimum atomic E-state index is -0.691. The van der Waals surface area contributed by atoms with E-state index in [4.69, 9.17) is 4.74 Å². The highest BCUT2D eigenvalue weighted by Gasteiger charge is 2.47. The largest absolute Gasteiger partial charge is 0.465 e. The molecule has 5 nitrogen and oxygen atoms in total. The van der Waals surface area contributed by atoms with E-state index in [0.29, 0.717) is 12.5 Å². The van der Waals surface area contributed by atoms with E-state index in [1.165, 1.54) is 19.2 Å². The number of nitrogens with zero attached hydrogens (tertiary/aromatic N) is 1. The lowest BCUT2D eigenvalue weighted by Gasteiger charge is -2.28. The van der Waals surface area contributed by atoms with Gasteiger partial charge in [-0.25, -0.2) is 14.0 Å². The summed E-state index contributed by atoms with van der Waals surface area (Å²) in [7, 11) is 1.23. The standard InChI is InChI=1S/C20H26FNO4/c1-20(2,3)26-19(24)22(11-12-5-6-12)17-10-14(17)13-7-8-16(21)15(9-13)18(23)25-4/h7-9,12,14,17H,5-6,10-11H2,1-4H3/t14-,17+/m0/s1. The zero-order valence-corrected chi connectivity index (χ0v) is 15.8. The molecule has 2 aliphatic carbocycles. The molecule has 0 radical (unpaired) electrons. The highest BCUT2D eigenvalue weighted by atomic mass is 19.1. The maximum absolute atomic E-state index is 13.9. The van der Waals surface area contributed by atoms with Crippen molar-refractivity contribution >= 4 is 12.1 Å². The van der Waals surface area contributed by atoms with Gasteiger partial charge in [-0.05, 0) is 63.6 Å². The van der Waals surface area contributed by atoms with Crippen LogP contribution in [0, 0.1) is 11.7 Å². The Labute approximate surface area is 153 Å². The van der Waals surface area contributed by atoms with Crippen molar-refractivity contribution in [3.05, 3.63) is 35.1 Å². The number of hydrogen-bond acceptors (Lipinski definition) is 4. The Morgan fingerprint density at radius 1 is 1.27 bits per heavy atom. The summed E-state index contributed by atoms with van der Waals surface area (Å²) in [5.74, 6) is -0.656. The molecule has 1 amide bonds. The SMILES string of the molecule is COC(=O)c1cc([C@@H]2C[C@H]2N(CC2CC2)C(=O)OC(C)(C)C)ccc1F. The van der Waals surface area contributed by atoms with Crippen LogP contribution in [-0.4, -0.2) is 42.3 Å². The van der Waals surface area contributed by atoms with E-state index < -0.39 is 17.4 Å². The van der Waals surface area contributed by atoms with Crippen LogP contribution in [0.1, 0.15) is 61.9 Å². The lowest BCUT2D eigenvalue weighted by Crippen LogP contribution is -2.40. The maximum atomic E-state index is 13.9. The van der Waals surface area contributed by atoms with Crippen molar-refractivity contribution in [2.24, 2.45) is 5.92 Å². The van der Waals surface area contributed by atoms with Crippen LogP contribution in [0.25, 0.3) is 0 Å². The summed E-state index contributed by atoms with van der Waals surface area (Å²) >= 11 is 0. The summed E-state index contributed by atoms with van der Waals surface area (Å²) < 4.78 is 24.1. The van der Waals surface area contributed by atoms with Gasteiger partial charge in [-0.2, -0.15) is 0 Å². The van der Waals surface area contributed by atoms with Crippen LogP contribution in [0.5, 0.6) is 0 Å². The highest BCUT2D eigenvalue weighted by Crippen LogP contribution is 2.47. The van der Waals surface area contributed by atoms with E-state index in [2.05, 4.69) is 4.74 Å². The Kier molecular flexibility index (Phi) is 4.95. The topological polar surface area (TPSA) is 55.8 Å². The molecule has 26 heavy (non-hydrogen) atoms. The first kappa shape index (κ1) is 18.7. The molecule has 0 saturated heterocycles. The first-order valence-electron chi connectivity index (χ1n) is 9.07. The van der Waals surface area contributed by atoms with Gasteiger partial charge >= 0.3 is 12.1 Å². The molecule has 1 aromatic carbocycles. The Morgan fingerprint density at radius 3 is 2.54 bits per heavy atom. The molecule has 142 valence electrons. The molecule has 0 bridgehead atoms. The molecule has 2 fully saturated rings. The molecule has 2 aliphatic rings. The van der Waals surface area contributed by atoms with Gasteiger partial charge in [0.1, 0.15) is 11.4 Å². The van der Waals surface area contributed by atoms with E-state index in [1.54, 1.807) is 6.07 Å². The fraction of sp³-hybridized carbons (Fsp3) is 0.600. The predicted molar refractivity (Wildman–Crippen MR) is 94.5 cm³/mol. The van der Waals surface area contributed by atoms with Crippen molar-refractivity contribution < 1.29 is 23.5 Å². The molecule has 6 heteroatoms. The minimum Gasteiger partial charge on any atom is -0.465 e. The quantitative estimate of drug-likeness (QED) is 0.739. The maximum Gasteiger partial charge on any atom is 0.410 e. The molecule has 3 rings (SSSR count). The van der Waals surface area contributed by atoms with E-state index in [-0.39, 0.29) is 23.6 Å². The van der Waals surface area contributed by atoms with Crippen LogP contribution in [0.2, 0.25) is 0 Å². The van der Waals surface area contributed by atoms with Gasteiger partial charge in [0.25, 0.3) is 0 Å². The van der Waals surface area contributed by atoms with Crippen LogP contribution >= 0.6 is 0 Å². The molecule has 1 aromatic rings. The van der Waals surface area contributed by atoms with E-state index in [9.17, 15) is 14.0 Å². The second-order valence-electron chi connectivity index (χ2n) is 8.22. The van der Waals surface area contributed by atoms with Crippen molar-refractivity contribution in [3.8, 4) is 0 Å². The number of benzene rings is 1. The number of esters is 1. The normalized spacial score (nSPS) is 21.9. The smallest absolute Gasteiger partial charge is 0.410 e. The first-order chi connectivity index (χ1) is 12.2. The van der Waals surface area contributed by atoms with Gasteiger partial charge in [-0.1, -0.05) is 6.07 Å². The summed E-state index contributed by atoms with van der Waals surface area (Å²) in [6, 6.07) is 4.53. The Morgan fingerprint density at radius 2 is 1.96 bits per heavy atom. The lowest BCUT2D eigenvalue weighted by atomic mass is 10.1. The number of hydrogen-bond donors (Lipinski definition) is 0. The van der Waals surface area contributed by atoms with Gasteiger partial charge in [-0.3, -0.25) is 0 Å². The van der Waals surface area contributed by atoms with Crippen LogP contribution < -0.4 is 0 Å². The average molecular weight is 363 g/mol. The zero-order chi connectivity index (χ0) is 19.1. The Balaban J connectivity index is 1.75. The van der Waals surface area contributed by atoms with Gasteiger partial charge < -0.3 is 14.4 Å². The molecular weight excluding hydrogens is 337 g/mol. The van der Waals surface area contributed by atoms with Gasteiger partial charge in [-0.15, -0.1) is 0 Å². The predicted octanol–water partition coefficient (Wildman–Crippen LogP) is 4.12. The number of carbonyl (C=O) groups excluding carboxylic acids is 2. The van der Waals surface area contributed by atoms with Gasteiger partial charge in [0, 0.05) is 18.5 Å². The Hall–Kier alpha value is -2.11. The molecule has 0 N–H and O–H groups in total. The minimum absolute atomic E-state index is 0.0291. The number of methoxy groups -OCH3 is 1. The summed E-state index contributed by atoms with van der Waals surface area (Å²) in [6.45, 7) is 6.26. The summed E-state index contributed by atoms with van der Waals surface area (Å²) in [4.78, 5) is 26.2. The zero-order valence-electron chi connectivity index (χ0n) is 15.8. The van der Waals surface area contributed by atoms with Crippen molar-refractivity contribution in [2.75, 3.05) is 13.7 Å². The van der Waals surface area contributed by atoms with Crippen molar-refractivity contribution in [3.63, 3.8) is 0 Å². The van der Waals surface area contributed by atoms with Crippen LogP contribution in [0.3, 0.4) is 0 Å². The van der Waals surface area contributed by atoms with E-state index in [0.717, 1.165) is 24.8 Å². The lowest BCUT2D eigenvalue weighted by molar-refractivity contribution is 0.0220. The third-order valence-electron chi connectivity index (χ3n) is 4.76. The van der Waals surface area contributed by atoms with Crippen LogP contribution in [-0.2, 0) is 9.47 Å². The molecule has 0 spiro atoms. The van der Waals surface area contributed by atoms with Crippen molar-refractivity contribution in [1.82, 2.24) is 4.90 Å². The molecule has 0 unspecified atom stereocenters. The number of amides is 1. The number of ether oxygens (including phenoxy) is 2. The fourth-order valence-corrected chi connectivity index (χ4v) is 3.17. The molecular formula is C20H26FNO4. The Bertz CT molecular complexity index is 708. The van der Waals surface area contributed by atoms with Gasteiger partial charge in [0.2, 0.25) is 0 Å². The monoisotopic (exact) mass is 363 g/mol. The summed E-state index contributed by atoms with van der Waals surface area (Å²) in [5, 5.41) is 0.